The Bertz CT molecular complexity index is 515. The lowest BCUT2D eigenvalue weighted by Gasteiger charge is -2.20. The maximum absolute atomic E-state index is 13.5. The molecule has 2 unspecified atom stereocenters. The van der Waals surface area contributed by atoms with Gasteiger partial charge in [-0.15, -0.1) is 0 Å². The highest BCUT2D eigenvalue weighted by molar-refractivity contribution is 6.30. The standard InChI is InChI=1S/C14H19ClFN3O2/c1-21-8-13(17)14(20)18-9-4-5-19(7-9)10-2-3-11(15)12(16)6-10/h2-3,6,9,13H,4-5,7-8,17H2,1H3,(H,18,20). The van der Waals surface area contributed by atoms with Gasteiger partial charge >= 0.3 is 0 Å². The molecule has 1 heterocycles. The van der Waals surface area contributed by atoms with Crippen molar-refractivity contribution >= 4 is 23.2 Å². The summed E-state index contributed by atoms with van der Waals surface area (Å²) in [5.41, 5.74) is 6.43. The van der Waals surface area contributed by atoms with Crippen molar-refractivity contribution in [2.24, 2.45) is 5.73 Å². The first kappa shape index (κ1) is 16.0. The molecule has 1 fully saturated rings. The number of nitrogens with two attached hydrogens (primary N) is 1. The quantitative estimate of drug-likeness (QED) is 0.855. The van der Waals surface area contributed by atoms with Gasteiger partial charge in [-0.1, -0.05) is 11.6 Å². The Hall–Kier alpha value is -1.37. The summed E-state index contributed by atoms with van der Waals surface area (Å²) >= 11 is 5.67. The molecule has 1 aliphatic heterocycles. The average molecular weight is 316 g/mol. The van der Waals surface area contributed by atoms with Gasteiger partial charge < -0.3 is 20.7 Å². The third-order valence-electron chi connectivity index (χ3n) is 3.49. The zero-order chi connectivity index (χ0) is 15.4. The van der Waals surface area contributed by atoms with E-state index < -0.39 is 11.9 Å². The lowest BCUT2D eigenvalue weighted by molar-refractivity contribution is -0.124. The third kappa shape index (κ3) is 4.06. The van der Waals surface area contributed by atoms with Gasteiger partial charge in [-0.3, -0.25) is 4.79 Å². The molecule has 0 bridgehead atoms. The predicted molar refractivity (Wildman–Crippen MR) is 80.0 cm³/mol. The summed E-state index contributed by atoms with van der Waals surface area (Å²) < 4.78 is 18.3. The zero-order valence-corrected chi connectivity index (χ0v) is 12.6. The second-order valence-corrected chi connectivity index (χ2v) is 5.51. The van der Waals surface area contributed by atoms with Gasteiger partial charge in [0.2, 0.25) is 5.91 Å². The summed E-state index contributed by atoms with van der Waals surface area (Å²) in [6.07, 6.45) is 0.787. The van der Waals surface area contributed by atoms with Crippen LogP contribution in [-0.4, -0.2) is 44.8 Å². The number of benzene rings is 1. The average Bonchev–Trinajstić information content (AvgIpc) is 2.90. The van der Waals surface area contributed by atoms with E-state index in [0.29, 0.717) is 6.54 Å². The largest absolute Gasteiger partial charge is 0.383 e. The Morgan fingerprint density at radius 2 is 2.43 bits per heavy atom. The number of hydrogen-bond donors (Lipinski definition) is 2. The van der Waals surface area contributed by atoms with E-state index in [2.05, 4.69) is 5.32 Å². The van der Waals surface area contributed by atoms with Gasteiger partial charge in [0, 0.05) is 31.9 Å². The highest BCUT2D eigenvalue weighted by Gasteiger charge is 2.26. The molecule has 0 aromatic heterocycles. The van der Waals surface area contributed by atoms with E-state index in [0.717, 1.165) is 18.7 Å². The molecule has 21 heavy (non-hydrogen) atoms. The minimum atomic E-state index is -0.669. The zero-order valence-electron chi connectivity index (χ0n) is 11.8. The number of rotatable bonds is 5. The lowest BCUT2D eigenvalue weighted by atomic mass is 10.2. The number of carbonyl (C=O) groups is 1. The predicted octanol–water partition coefficient (Wildman–Crippen LogP) is 1.15. The summed E-state index contributed by atoms with van der Waals surface area (Å²) in [4.78, 5) is 13.8. The van der Waals surface area contributed by atoms with Crippen molar-refractivity contribution < 1.29 is 13.9 Å². The first-order valence-electron chi connectivity index (χ1n) is 6.76. The highest BCUT2D eigenvalue weighted by atomic mass is 35.5. The number of hydrogen-bond acceptors (Lipinski definition) is 4. The molecule has 0 radical (unpaired) electrons. The van der Waals surface area contributed by atoms with Crippen LogP contribution in [0.5, 0.6) is 0 Å². The molecule has 3 N–H and O–H groups in total. The molecule has 1 aliphatic rings. The molecule has 1 aromatic carbocycles. The lowest BCUT2D eigenvalue weighted by Crippen LogP contribution is -2.48. The van der Waals surface area contributed by atoms with Crippen LogP contribution < -0.4 is 16.0 Å². The van der Waals surface area contributed by atoms with Crippen LogP contribution in [0.3, 0.4) is 0 Å². The van der Waals surface area contributed by atoms with Gasteiger partial charge in [0.1, 0.15) is 11.9 Å². The van der Waals surface area contributed by atoms with Crippen LogP contribution in [0.15, 0.2) is 18.2 Å². The van der Waals surface area contributed by atoms with E-state index in [4.69, 9.17) is 22.1 Å². The number of nitrogens with zero attached hydrogens (tertiary/aromatic N) is 1. The number of carbonyl (C=O) groups excluding carboxylic acids is 1. The summed E-state index contributed by atoms with van der Waals surface area (Å²) in [7, 11) is 1.50. The van der Waals surface area contributed by atoms with Gasteiger partial charge in [-0.05, 0) is 24.6 Å². The van der Waals surface area contributed by atoms with Crippen molar-refractivity contribution in [2.75, 3.05) is 31.7 Å². The Labute approximate surface area is 128 Å². The van der Waals surface area contributed by atoms with E-state index in [-0.39, 0.29) is 23.6 Å². The Morgan fingerprint density at radius 1 is 1.67 bits per heavy atom. The van der Waals surface area contributed by atoms with E-state index in [9.17, 15) is 9.18 Å². The molecule has 1 amide bonds. The molecular weight excluding hydrogens is 297 g/mol. The molecule has 7 heteroatoms. The molecule has 1 aromatic rings. The van der Waals surface area contributed by atoms with E-state index in [1.54, 1.807) is 6.07 Å². The van der Waals surface area contributed by atoms with Crippen molar-refractivity contribution in [1.29, 1.82) is 0 Å². The summed E-state index contributed by atoms with van der Waals surface area (Å²) in [6, 6.07) is 4.04. The van der Waals surface area contributed by atoms with E-state index in [1.807, 2.05) is 4.90 Å². The monoisotopic (exact) mass is 315 g/mol. The van der Waals surface area contributed by atoms with Crippen LogP contribution in [0.4, 0.5) is 10.1 Å². The Morgan fingerprint density at radius 3 is 3.10 bits per heavy atom. The normalized spacial score (nSPS) is 19.6. The third-order valence-corrected chi connectivity index (χ3v) is 3.79. The fraction of sp³-hybridized carbons (Fsp3) is 0.500. The minimum Gasteiger partial charge on any atom is -0.383 e. The second kappa shape index (κ2) is 7.06. The number of ether oxygens (including phenoxy) is 1. The number of halogens is 2. The maximum Gasteiger partial charge on any atom is 0.239 e. The van der Waals surface area contributed by atoms with E-state index >= 15 is 0 Å². The first-order chi connectivity index (χ1) is 10.0. The van der Waals surface area contributed by atoms with Crippen molar-refractivity contribution in [3.63, 3.8) is 0 Å². The molecule has 2 rings (SSSR count). The number of anilines is 1. The topological polar surface area (TPSA) is 67.6 Å². The van der Waals surface area contributed by atoms with Gasteiger partial charge in [0.25, 0.3) is 0 Å². The van der Waals surface area contributed by atoms with Crippen LogP contribution in [0, 0.1) is 5.82 Å². The fourth-order valence-corrected chi connectivity index (χ4v) is 2.48. The summed E-state index contributed by atoms with van der Waals surface area (Å²) in [6.45, 7) is 1.54. The van der Waals surface area contributed by atoms with Crippen molar-refractivity contribution in [3.8, 4) is 0 Å². The molecular formula is C14H19ClFN3O2. The van der Waals surface area contributed by atoms with Crippen LogP contribution in [0.1, 0.15) is 6.42 Å². The van der Waals surface area contributed by atoms with Crippen LogP contribution in [0.25, 0.3) is 0 Å². The molecule has 0 spiro atoms. The van der Waals surface area contributed by atoms with Crippen LogP contribution in [-0.2, 0) is 9.53 Å². The molecule has 0 saturated carbocycles. The molecule has 1 saturated heterocycles. The fourth-order valence-electron chi connectivity index (χ4n) is 2.36. The van der Waals surface area contributed by atoms with Gasteiger partial charge in [0.05, 0.1) is 11.6 Å². The molecule has 116 valence electrons. The van der Waals surface area contributed by atoms with Crippen molar-refractivity contribution in [3.05, 3.63) is 29.0 Å². The summed E-state index contributed by atoms with van der Waals surface area (Å²) in [5.74, 6) is -0.672. The summed E-state index contributed by atoms with van der Waals surface area (Å²) in [5, 5.41) is 2.99. The first-order valence-corrected chi connectivity index (χ1v) is 7.14. The van der Waals surface area contributed by atoms with Gasteiger partial charge in [0.15, 0.2) is 0 Å². The molecule has 2 atom stereocenters. The molecule has 5 nitrogen and oxygen atoms in total. The maximum atomic E-state index is 13.5. The van der Waals surface area contributed by atoms with Gasteiger partial charge in [-0.25, -0.2) is 4.39 Å². The number of nitrogens with one attached hydrogen (secondary N) is 1. The van der Waals surface area contributed by atoms with E-state index in [1.165, 1.54) is 19.2 Å². The van der Waals surface area contributed by atoms with Crippen LogP contribution in [0.2, 0.25) is 5.02 Å². The SMILES string of the molecule is COCC(N)C(=O)NC1CCN(c2ccc(Cl)c(F)c2)C1. The molecule has 0 aliphatic carbocycles. The van der Waals surface area contributed by atoms with Crippen molar-refractivity contribution in [2.45, 2.75) is 18.5 Å². The smallest absolute Gasteiger partial charge is 0.239 e. The number of methoxy groups -OCH3 is 1. The Kier molecular flexibility index (Phi) is 5.39. The van der Waals surface area contributed by atoms with Gasteiger partial charge in [-0.2, -0.15) is 0 Å². The minimum absolute atomic E-state index is 0.000791. The van der Waals surface area contributed by atoms with Crippen molar-refractivity contribution in [1.82, 2.24) is 5.32 Å². The van der Waals surface area contributed by atoms with Crippen LogP contribution >= 0.6 is 11.6 Å². The number of amides is 1. The second-order valence-electron chi connectivity index (χ2n) is 5.10. The highest BCUT2D eigenvalue weighted by Crippen LogP contribution is 2.24. The Balaban J connectivity index is 1.91.